The largest absolute Gasteiger partial charge is 0.480 e. The molecule has 3 heterocycles. The molecule has 19 heavy (non-hydrogen) atoms. The predicted molar refractivity (Wildman–Crippen MR) is 68.5 cm³/mol. The highest BCUT2D eigenvalue weighted by molar-refractivity contribution is 5.68. The molecular weight excluding hydrogens is 244 g/mol. The number of fused-ring (bicyclic) bond motifs is 1. The molecule has 2 aromatic rings. The Morgan fingerprint density at radius 2 is 2.42 bits per heavy atom. The fraction of sp³-hybridized carbons (Fsp3) is 0.308. The lowest BCUT2D eigenvalue weighted by atomic mass is 10.0. The highest BCUT2D eigenvalue weighted by atomic mass is 16.4. The monoisotopic (exact) mass is 258 g/mol. The number of hydrogen-bond donors (Lipinski definition) is 2. The zero-order valence-corrected chi connectivity index (χ0v) is 10.3. The Bertz CT molecular complexity index is 607. The molecule has 0 amide bonds. The molecule has 0 aliphatic carbocycles. The molecule has 2 N–H and O–H groups in total. The van der Waals surface area contributed by atoms with Crippen LogP contribution in [-0.4, -0.2) is 32.4 Å². The summed E-state index contributed by atoms with van der Waals surface area (Å²) in [5.41, 5.74) is 3.85. The third-order valence-electron chi connectivity index (χ3n) is 3.23. The minimum atomic E-state index is -0.874. The predicted octanol–water partition coefficient (Wildman–Crippen LogP) is 0.675. The summed E-state index contributed by atoms with van der Waals surface area (Å²) in [6.07, 6.45) is 4.26. The van der Waals surface area contributed by atoms with E-state index in [0.717, 1.165) is 42.0 Å². The van der Waals surface area contributed by atoms with E-state index in [1.54, 1.807) is 17.1 Å². The number of pyridine rings is 1. The molecule has 0 spiro atoms. The number of aromatic nitrogens is 3. The Kier molecular flexibility index (Phi) is 3.00. The van der Waals surface area contributed by atoms with Crippen molar-refractivity contribution in [2.24, 2.45) is 0 Å². The van der Waals surface area contributed by atoms with Crippen molar-refractivity contribution in [3.05, 3.63) is 35.8 Å². The Balaban J connectivity index is 2.10. The van der Waals surface area contributed by atoms with Gasteiger partial charge in [0.2, 0.25) is 0 Å². The Labute approximate surface area is 110 Å². The highest BCUT2D eigenvalue weighted by Gasteiger charge is 2.22. The first kappa shape index (κ1) is 11.9. The summed E-state index contributed by atoms with van der Waals surface area (Å²) in [6.45, 7) is 1.48. The molecule has 0 radical (unpaired) electrons. The van der Waals surface area contributed by atoms with Crippen molar-refractivity contribution >= 4 is 5.97 Å². The van der Waals surface area contributed by atoms with Crippen LogP contribution in [0.2, 0.25) is 0 Å². The van der Waals surface area contributed by atoms with Gasteiger partial charge in [-0.2, -0.15) is 5.10 Å². The number of carbonyl (C=O) groups is 1. The van der Waals surface area contributed by atoms with E-state index in [4.69, 9.17) is 5.11 Å². The second-order valence-corrected chi connectivity index (χ2v) is 4.49. The summed E-state index contributed by atoms with van der Waals surface area (Å²) < 4.78 is 1.60. The van der Waals surface area contributed by atoms with Gasteiger partial charge in [-0.25, -0.2) is 0 Å². The molecule has 2 aromatic heterocycles. The van der Waals surface area contributed by atoms with E-state index in [9.17, 15) is 4.79 Å². The number of nitrogens with one attached hydrogen (secondary N) is 1. The molecule has 0 aromatic carbocycles. The van der Waals surface area contributed by atoms with Crippen molar-refractivity contribution in [3.8, 4) is 11.3 Å². The van der Waals surface area contributed by atoms with Gasteiger partial charge in [-0.1, -0.05) is 0 Å². The summed E-state index contributed by atoms with van der Waals surface area (Å²) in [5, 5.41) is 16.7. The summed E-state index contributed by atoms with van der Waals surface area (Å²) in [7, 11) is 0. The zero-order valence-electron chi connectivity index (χ0n) is 10.3. The molecule has 0 saturated heterocycles. The maximum absolute atomic E-state index is 10.9. The second-order valence-electron chi connectivity index (χ2n) is 4.49. The second kappa shape index (κ2) is 4.81. The van der Waals surface area contributed by atoms with Gasteiger partial charge in [0, 0.05) is 48.7 Å². The summed E-state index contributed by atoms with van der Waals surface area (Å²) in [4.78, 5) is 15.0. The topological polar surface area (TPSA) is 80.0 Å². The molecule has 0 unspecified atom stereocenters. The average molecular weight is 258 g/mol. The van der Waals surface area contributed by atoms with E-state index in [0.29, 0.717) is 0 Å². The van der Waals surface area contributed by atoms with Crippen molar-refractivity contribution < 1.29 is 9.90 Å². The lowest BCUT2D eigenvalue weighted by Gasteiger charge is -2.14. The Morgan fingerprint density at radius 1 is 1.53 bits per heavy atom. The van der Waals surface area contributed by atoms with Gasteiger partial charge in [0.25, 0.3) is 0 Å². The fourth-order valence-electron chi connectivity index (χ4n) is 2.41. The number of hydrogen-bond acceptors (Lipinski definition) is 4. The van der Waals surface area contributed by atoms with Gasteiger partial charge in [-0.15, -0.1) is 0 Å². The minimum absolute atomic E-state index is 0.0946. The van der Waals surface area contributed by atoms with Crippen LogP contribution in [0.15, 0.2) is 24.5 Å². The first-order valence-corrected chi connectivity index (χ1v) is 6.17. The van der Waals surface area contributed by atoms with Gasteiger partial charge in [0.05, 0.1) is 5.69 Å². The van der Waals surface area contributed by atoms with Gasteiger partial charge >= 0.3 is 5.97 Å². The van der Waals surface area contributed by atoms with Crippen LogP contribution in [0.1, 0.15) is 11.3 Å². The Hall–Kier alpha value is -2.21. The quantitative estimate of drug-likeness (QED) is 0.846. The molecule has 0 saturated carbocycles. The average Bonchev–Trinajstić information content (AvgIpc) is 2.78. The van der Waals surface area contributed by atoms with Crippen LogP contribution in [0.3, 0.4) is 0 Å². The zero-order chi connectivity index (χ0) is 13.2. The number of carboxylic acid groups (broad SMARTS) is 1. The van der Waals surface area contributed by atoms with Crippen LogP contribution in [0, 0.1) is 0 Å². The summed E-state index contributed by atoms with van der Waals surface area (Å²) >= 11 is 0. The molecule has 0 fully saturated rings. The first-order chi connectivity index (χ1) is 9.25. The number of aliphatic carboxylic acids is 1. The maximum atomic E-state index is 10.9. The molecule has 6 heteroatoms. The molecule has 1 aliphatic heterocycles. The lowest BCUT2D eigenvalue weighted by molar-refractivity contribution is -0.137. The smallest absolute Gasteiger partial charge is 0.325 e. The number of rotatable bonds is 3. The molecule has 0 bridgehead atoms. The maximum Gasteiger partial charge on any atom is 0.325 e. The molecule has 98 valence electrons. The van der Waals surface area contributed by atoms with Crippen molar-refractivity contribution in [3.63, 3.8) is 0 Å². The van der Waals surface area contributed by atoms with Gasteiger partial charge in [-0.3, -0.25) is 14.5 Å². The molecule has 3 rings (SSSR count). The minimum Gasteiger partial charge on any atom is -0.480 e. The van der Waals surface area contributed by atoms with E-state index in [1.165, 1.54) is 0 Å². The van der Waals surface area contributed by atoms with Crippen LogP contribution < -0.4 is 5.32 Å². The van der Waals surface area contributed by atoms with Crippen molar-refractivity contribution in [1.82, 2.24) is 20.1 Å². The third kappa shape index (κ3) is 2.22. The van der Waals surface area contributed by atoms with Gasteiger partial charge in [0.1, 0.15) is 6.54 Å². The van der Waals surface area contributed by atoms with Crippen molar-refractivity contribution in [1.29, 1.82) is 0 Å². The van der Waals surface area contributed by atoms with E-state index < -0.39 is 5.97 Å². The molecular formula is C13H14N4O2. The SMILES string of the molecule is O=C(O)Cn1nc(-c2cccnc2)c2c1CCNC2. The standard InChI is InChI=1S/C13H14N4O2/c18-12(19)8-17-11-3-5-15-7-10(11)13(16-17)9-2-1-4-14-6-9/h1-2,4,6,15H,3,5,7-8H2,(H,18,19). The van der Waals surface area contributed by atoms with Crippen LogP contribution in [-0.2, 0) is 24.3 Å². The number of carboxylic acids is 1. The van der Waals surface area contributed by atoms with Gasteiger partial charge in [0.15, 0.2) is 0 Å². The highest BCUT2D eigenvalue weighted by Crippen LogP contribution is 2.26. The van der Waals surface area contributed by atoms with Crippen molar-refractivity contribution in [2.75, 3.05) is 6.54 Å². The van der Waals surface area contributed by atoms with E-state index in [1.807, 2.05) is 12.1 Å². The van der Waals surface area contributed by atoms with Crippen LogP contribution in [0.25, 0.3) is 11.3 Å². The lowest BCUT2D eigenvalue weighted by Crippen LogP contribution is -2.25. The van der Waals surface area contributed by atoms with Crippen LogP contribution >= 0.6 is 0 Å². The van der Waals surface area contributed by atoms with E-state index >= 15 is 0 Å². The van der Waals surface area contributed by atoms with Crippen LogP contribution in [0.5, 0.6) is 0 Å². The normalized spacial score (nSPS) is 14.1. The van der Waals surface area contributed by atoms with Gasteiger partial charge in [-0.05, 0) is 12.1 Å². The first-order valence-electron chi connectivity index (χ1n) is 6.17. The van der Waals surface area contributed by atoms with Crippen LogP contribution in [0.4, 0.5) is 0 Å². The van der Waals surface area contributed by atoms with Crippen molar-refractivity contribution in [2.45, 2.75) is 19.5 Å². The fourth-order valence-corrected chi connectivity index (χ4v) is 2.41. The number of nitrogens with zero attached hydrogens (tertiary/aromatic N) is 3. The molecule has 6 nitrogen and oxygen atoms in total. The molecule has 1 aliphatic rings. The Morgan fingerprint density at radius 3 is 3.16 bits per heavy atom. The summed E-state index contributed by atoms with van der Waals surface area (Å²) in [6, 6.07) is 3.80. The third-order valence-corrected chi connectivity index (χ3v) is 3.23. The van der Waals surface area contributed by atoms with Gasteiger partial charge < -0.3 is 10.4 Å². The summed E-state index contributed by atoms with van der Waals surface area (Å²) in [5.74, 6) is -0.874. The van der Waals surface area contributed by atoms with E-state index in [-0.39, 0.29) is 6.54 Å². The van der Waals surface area contributed by atoms with E-state index in [2.05, 4.69) is 15.4 Å². The molecule has 0 atom stereocenters.